The van der Waals surface area contributed by atoms with Crippen LogP contribution in [0.25, 0.3) is 0 Å². The SMILES string of the molecule is C=C=CCC(=O)NCC. The Morgan fingerprint density at radius 3 is 3.00 bits per heavy atom. The van der Waals surface area contributed by atoms with Crippen molar-refractivity contribution < 1.29 is 4.79 Å². The van der Waals surface area contributed by atoms with Gasteiger partial charge in [-0.3, -0.25) is 4.79 Å². The molecule has 0 fully saturated rings. The van der Waals surface area contributed by atoms with E-state index in [0.717, 1.165) is 0 Å². The third kappa shape index (κ3) is 4.85. The maximum Gasteiger partial charge on any atom is 0.224 e. The molecular formula is C7H11NO. The van der Waals surface area contributed by atoms with Crippen molar-refractivity contribution in [2.45, 2.75) is 13.3 Å². The van der Waals surface area contributed by atoms with E-state index in [1.54, 1.807) is 6.08 Å². The summed E-state index contributed by atoms with van der Waals surface area (Å²) in [4.78, 5) is 10.6. The summed E-state index contributed by atoms with van der Waals surface area (Å²) in [7, 11) is 0. The van der Waals surface area contributed by atoms with Crippen LogP contribution in [-0.2, 0) is 4.79 Å². The summed E-state index contributed by atoms with van der Waals surface area (Å²) in [5.41, 5.74) is 2.52. The number of carbonyl (C=O) groups excluding carboxylic acids is 1. The van der Waals surface area contributed by atoms with E-state index in [1.807, 2.05) is 6.92 Å². The molecule has 0 bridgehead atoms. The van der Waals surface area contributed by atoms with Gasteiger partial charge in [-0.05, 0) is 13.0 Å². The lowest BCUT2D eigenvalue weighted by Crippen LogP contribution is -2.21. The molecule has 0 spiro atoms. The normalized spacial score (nSPS) is 7.67. The highest BCUT2D eigenvalue weighted by atomic mass is 16.1. The second kappa shape index (κ2) is 5.13. The quantitative estimate of drug-likeness (QED) is 0.557. The van der Waals surface area contributed by atoms with Crippen molar-refractivity contribution in [2.24, 2.45) is 0 Å². The first-order valence-corrected chi connectivity index (χ1v) is 2.92. The molecule has 2 nitrogen and oxygen atoms in total. The summed E-state index contributed by atoms with van der Waals surface area (Å²) < 4.78 is 0. The van der Waals surface area contributed by atoms with E-state index in [9.17, 15) is 4.79 Å². The molecule has 0 aromatic carbocycles. The number of amides is 1. The summed E-state index contributed by atoms with van der Waals surface area (Å²) >= 11 is 0. The third-order valence-corrected chi connectivity index (χ3v) is 0.806. The molecule has 0 heterocycles. The van der Waals surface area contributed by atoms with Gasteiger partial charge in [0.25, 0.3) is 0 Å². The molecule has 9 heavy (non-hydrogen) atoms. The van der Waals surface area contributed by atoms with Gasteiger partial charge in [-0.2, -0.15) is 0 Å². The van der Waals surface area contributed by atoms with Crippen molar-refractivity contribution in [1.82, 2.24) is 5.32 Å². The maximum atomic E-state index is 10.6. The lowest BCUT2D eigenvalue weighted by Gasteiger charge is -1.94. The number of carbonyl (C=O) groups is 1. The van der Waals surface area contributed by atoms with E-state index in [1.165, 1.54) is 0 Å². The van der Waals surface area contributed by atoms with Gasteiger partial charge in [0.05, 0.1) is 6.42 Å². The molecule has 0 saturated heterocycles. The highest BCUT2D eigenvalue weighted by molar-refractivity contribution is 5.77. The van der Waals surface area contributed by atoms with E-state index >= 15 is 0 Å². The first-order chi connectivity index (χ1) is 4.31. The minimum absolute atomic E-state index is 0.0219. The van der Waals surface area contributed by atoms with Gasteiger partial charge in [0.2, 0.25) is 5.91 Å². The Bertz CT molecular complexity index is 134. The van der Waals surface area contributed by atoms with Gasteiger partial charge >= 0.3 is 0 Å². The zero-order chi connectivity index (χ0) is 7.11. The molecule has 2 heteroatoms. The van der Waals surface area contributed by atoms with Crippen molar-refractivity contribution in [2.75, 3.05) is 6.54 Å². The smallest absolute Gasteiger partial charge is 0.224 e. The van der Waals surface area contributed by atoms with Crippen LogP contribution in [0.2, 0.25) is 0 Å². The fraction of sp³-hybridized carbons (Fsp3) is 0.429. The molecule has 0 unspecified atom stereocenters. The largest absolute Gasteiger partial charge is 0.356 e. The van der Waals surface area contributed by atoms with E-state index in [4.69, 9.17) is 0 Å². The Morgan fingerprint density at radius 1 is 1.89 bits per heavy atom. The summed E-state index contributed by atoms with van der Waals surface area (Å²) in [6.45, 7) is 5.90. The van der Waals surface area contributed by atoms with Crippen molar-refractivity contribution in [3.05, 3.63) is 18.4 Å². The van der Waals surface area contributed by atoms with Crippen LogP contribution < -0.4 is 5.32 Å². The van der Waals surface area contributed by atoms with E-state index in [-0.39, 0.29) is 5.91 Å². The van der Waals surface area contributed by atoms with Crippen LogP contribution in [0.3, 0.4) is 0 Å². The molecule has 0 radical (unpaired) electrons. The minimum Gasteiger partial charge on any atom is -0.356 e. The zero-order valence-electron chi connectivity index (χ0n) is 5.61. The standard InChI is InChI=1S/C7H11NO/c1-3-5-6-7(9)8-4-2/h5H,1,4,6H2,2H3,(H,8,9). The summed E-state index contributed by atoms with van der Waals surface area (Å²) in [6.07, 6.45) is 1.99. The Morgan fingerprint density at radius 2 is 2.56 bits per heavy atom. The van der Waals surface area contributed by atoms with Gasteiger partial charge in [0.1, 0.15) is 0 Å². The Kier molecular flexibility index (Phi) is 4.56. The van der Waals surface area contributed by atoms with Gasteiger partial charge in [-0.25, -0.2) is 0 Å². The van der Waals surface area contributed by atoms with Gasteiger partial charge in [0, 0.05) is 6.54 Å². The predicted octanol–water partition coefficient (Wildman–Crippen LogP) is 0.854. The number of rotatable bonds is 3. The average molecular weight is 125 g/mol. The molecule has 0 rings (SSSR count). The van der Waals surface area contributed by atoms with Gasteiger partial charge in [-0.15, -0.1) is 5.73 Å². The molecule has 0 aliphatic carbocycles. The lowest BCUT2D eigenvalue weighted by atomic mass is 10.4. The van der Waals surface area contributed by atoms with Crippen molar-refractivity contribution in [3.63, 3.8) is 0 Å². The van der Waals surface area contributed by atoms with E-state index < -0.39 is 0 Å². The van der Waals surface area contributed by atoms with Crippen LogP contribution in [0, 0.1) is 0 Å². The molecule has 0 saturated carbocycles. The van der Waals surface area contributed by atoms with Crippen LogP contribution in [0.5, 0.6) is 0 Å². The predicted molar refractivity (Wildman–Crippen MR) is 37.0 cm³/mol. The molecule has 0 aromatic heterocycles. The Labute approximate surface area is 55.3 Å². The second-order valence-corrected chi connectivity index (χ2v) is 1.57. The fourth-order valence-corrected chi connectivity index (χ4v) is 0.434. The Hall–Kier alpha value is -1.01. The summed E-state index contributed by atoms with van der Waals surface area (Å²) in [5.74, 6) is 0.0219. The summed E-state index contributed by atoms with van der Waals surface area (Å²) in [6, 6.07) is 0. The highest BCUT2D eigenvalue weighted by Crippen LogP contribution is 1.78. The molecular weight excluding hydrogens is 114 g/mol. The van der Waals surface area contributed by atoms with Crippen molar-refractivity contribution >= 4 is 5.91 Å². The van der Waals surface area contributed by atoms with Gasteiger partial charge in [0.15, 0.2) is 0 Å². The van der Waals surface area contributed by atoms with Crippen LogP contribution >= 0.6 is 0 Å². The highest BCUT2D eigenvalue weighted by Gasteiger charge is 1.91. The molecule has 1 N–H and O–H groups in total. The fourth-order valence-electron chi connectivity index (χ4n) is 0.434. The number of nitrogens with one attached hydrogen (secondary N) is 1. The minimum atomic E-state index is 0.0219. The first kappa shape index (κ1) is 7.99. The van der Waals surface area contributed by atoms with Gasteiger partial charge in [-0.1, -0.05) is 6.58 Å². The van der Waals surface area contributed by atoms with Crippen LogP contribution in [0.4, 0.5) is 0 Å². The summed E-state index contributed by atoms with van der Waals surface area (Å²) in [5, 5.41) is 2.64. The second-order valence-electron chi connectivity index (χ2n) is 1.57. The van der Waals surface area contributed by atoms with Crippen molar-refractivity contribution in [1.29, 1.82) is 0 Å². The molecule has 0 aliphatic heterocycles. The first-order valence-electron chi connectivity index (χ1n) is 2.92. The molecule has 0 aliphatic rings. The molecule has 1 amide bonds. The van der Waals surface area contributed by atoms with E-state index in [2.05, 4.69) is 17.6 Å². The number of hydrogen-bond acceptors (Lipinski definition) is 1. The lowest BCUT2D eigenvalue weighted by molar-refractivity contribution is -0.120. The van der Waals surface area contributed by atoms with Crippen LogP contribution in [0.1, 0.15) is 13.3 Å². The van der Waals surface area contributed by atoms with Gasteiger partial charge < -0.3 is 5.32 Å². The third-order valence-electron chi connectivity index (χ3n) is 0.806. The van der Waals surface area contributed by atoms with E-state index in [0.29, 0.717) is 13.0 Å². The van der Waals surface area contributed by atoms with Crippen molar-refractivity contribution in [3.8, 4) is 0 Å². The molecule has 0 aromatic rings. The average Bonchev–Trinajstić information content (AvgIpc) is 1.85. The monoisotopic (exact) mass is 125 g/mol. The maximum absolute atomic E-state index is 10.6. The number of hydrogen-bond donors (Lipinski definition) is 1. The zero-order valence-corrected chi connectivity index (χ0v) is 5.61. The van der Waals surface area contributed by atoms with Crippen LogP contribution in [0.15, 0.2) is 18.4 Å². The molecule has 0 atom stereocenters. The Balaban J connectivity index is 3.38. The van der Waals surface area contributed by atoms with Crippen LogP contribution in [-0.4, -0.2) is 12.5 Å². The molecule has 50 valence electrons. The topological polar surface area (TPSA) is 29.1 Å².